The van der Waals surface area contributed by atoms with Gasteiger partial charge in [0.15, 0.2) is 11.2 Å². The lowest BCUT2D eigenvalue weighted by atomic mass is 10.1. The van der Waals surface area contributed by atoms with Crippen molar-refractivity contribution in [2.75, 3.05) is 19.7 Å². The SMILES string of the molecule is O=S(=O)(c1ccc(Br)cc1)C1COC2(CCNCC2)O1. The molecule has 2 heterocycles. The smallest absolute Gasteiger partial charge is 0.207 e. The van der Waals surface area contributed by atoms with Gasteiger partial charge in [0.05, 0.1) is 11.5 Å². The molecule has 0 bridgehead atoms. The first-order valence-corrected chi connectivity index (χ1v) is 8.88. The van der Waals surface area contributed by atoms with Crippen molar-refractivity contribution in [3.63, 3.8) is 0 Å². The van der Waals surface area contributed by atoms with Crippen molar-refractivity contribution in [1.82, 2.24) is 5.32 Å². The number of ether oxygens (including phenoxy) is 2. The highest BCUT2D eigenvalue weighted by atomic mass is 79.9. The van der Waals surface area contributed by atoms with Gasteiger partial charge in [0.2, 0.25) is 9.84 Å². The van der Waals surface area contributed by atoms with Crippen LogP contribution in [0, 0.1) is 0 Å². The first-order chi connectivity index (χ1) is 9.52. The Morgan fingerprint density at radius 2 is 1.85 bits per heavy atom. The van der Waals surface area contributed by atoms with Crippen LogP contribution in [0.1, 0.15) is 12.8 Å². The summed E-state index contributed by atoms with van der Waals surface area (Å²) >= 11 is 3.30. The van der Waals surface area contributed by atoms with Gasteiger partial charge in [-0.1, -0.05) is 15.9 Å². The zero-order chi connectivity index (χ0) is 14.2. The average molecular weight is 362 g/mol. The first-order valence-electron chi connectivity index (χ1n) is 6.54. The molecule has 2 fully saturated rings. The van der Waals surface area contributed by atoms with E-state index in [1.54, 1.807) is 24.3 Å². The summed E-state index contributed by atoms with van der Waals surface area (Å²) in [5, 5.41) is 3.21. The fraction of sp³-hybridized carbons (Fsp3) is 0.538. The zero-order valence-electron chi connectivity index (χ0n) is 10.8. The minimum Gasteiger partial charge on any atom is -0.346 e. The molecule has 1 aromatic rings. The predicted molar refractivity (Wildman–Crippen MR) is 77.0 cm³/mol. The Hall–Kier alpha value is -0.470. The van der Waals surface area contributed by atoms with Gasteiger partial charge in [0.25, 0.3) is 0 Å². The van der Waals surface area contributed by atoms with Crippen LogP contribution >= 0.6 is 15.9 Å². The Bertz CT molecular complexity index is 581. The molecule has 0 aliphatic carbocycles. The lowest BCUT2D eigenvalue weighted by Crippen LogP contribution is -2.43. The number of nitrogens with one attached hydrogen (secondary N) is 1. The van der Waals surface area contributed by atoms with E-state index in [4.69, 9.17) is 9.47 Å². The van der Waals surface area contributed by atoms with Gasteiger partial charge in [-0.3, -0.25) is 0 Å². The molecule has 1 unspecified atom stereocenters. The maximum atomic E-state index is 12.5. The highest BCUT2D eigenvalue weighted by Crippen LogP contribution is 2.35. The van der Waals surface area contributed by atoms with E-state index < -0.39 is 21.1 Å². The molecular weight excluding hydrogens is 346 g/mol. The van der Waals surface area contributed by atoms with E-state index in [-0.39, 0.29) is 11.5 Å². The van der Waals surface area contributed by atoms with E-state index >= 15 is 0 Å². The van der Waals surface area contributed by atoms with E-state index in [9.17, 15) is 8.42 Å². The van der Waals surface area contributed by atoms with Crippen molar-refractivity contribution in [1.29, 1.82) is 0 Å². The van der Waals surface area contributed by atoms with Crippen LogP contribution in [0.25, 0.3) is 0 Å². The van der Waals surface area contributed by atoms with E-state index in [2.05, 4.69) is 21.2 Å². The number of piperidine rings is 1. The molecule has 1 aromatic carbocycles. The second kappa shape index (κ2) is 5.38. The fourth-order valence-electron chi connectivity index (χ4n) is 2.53. The minimum absolute atomic E-state index is 0.0956. The molecule has 0 aromatic heterocycles. The second-order valence-electron chi connectivity index (χ2n) is 5.02. The summed E-state index contributed by atoms with van der Waals surface area (Å²) in [7, 11) is -3.52. The first kappa shape index (κ1) is 14.5. The van der Waals surface area contributed by atoms with Gasteiger partial charge in [-0.15, -0.1) is 0 Å². The monoisotopic (exact) mass is 361 g/mol. The number of rotatable bonds is 2. The molecule has 1 N–H and O–H groups in total. The van der Waals surface area contributed by atoms with Crippen LogP contribution in [0.4, 0.5) is 0 Å². The van der Waals surface area contributed by atoms with Crippen LogP contribution in [0.5, 0.6) is 0 Å². The molecule has 1 spiro atoms. The van der Waals surface area contributed by atoms with Gasteiger partial charge in [0, 0.05) is 30.4 Å². The average Bonchev–Trinajstić information content (AvgIpc) is 2.85. The summed E-state index contributed by atoms with van der Waals surface area (Å²) in [6.07, 6.45) is 1.36. The van der Waals surface area contributed by atoms with Gasteiger partial charge in [-0.2, -0.15) is 0 Å². The summed E-state index contributed by atoms with van der Waals surface area (Å²) in [5.74, 6) is -0.724. The highest BCUT2D eigenvalue weighted by molar-refractivity contribution is 9.10. The van der Waals surface area contributed by atoms with E-state index in [1.807, 2.05) is 0 Å². The fourth-order valence-corrected chi connectivity index (χ4v) is 4.16. The van der Waals surface area contributed by atoms with Crippen LogP contribution in [-0.4, -0.2) is 39.3 Å². The largest absolute Gasteiger partial charge is 0.346 e. The molecule has 1 atom stereocenters. The number of halogens is 1. The highest BCUT2D eigenvalue weighted by Gasteiger charge is 2.47. The lowest BCUT2D eigenvalue weighted by molar-refractivity contribution is -0.176. The molecule has 20 heavy (non-hydrogen) atoms. The van der Waals surface area contributed by atoms with Crippen molar-refractivity contribution in [3.05, 3.63) is 28.7 Å². The molecule has 2 saturated heterocycles. The third-order valence-electron chi connectivity index (χ3n) is 3.68. The summed E-state index contributed by atoms with van der Waals surface area (Å²) in [4.78, 5) is 0.264. The second-order valence-corrected chi connectivity index (χ2v) is 8.02. The van der Waals surface area contributed by atoms with Crippen LogP contribution in [-0.2, 0) is 19.3 Å². The van der Waals surface area contributed by atoms with Gasteiger partial charge in [-0.25, -0.2) is 8.42 Å². The molecule has 2 aliphatic rings. The summed E-state index contributed by atoms with van der Waals surface area (Å²) in [6, 6.07) is 6.58. The van der Waals surface area contributed by atoms with Crippen molar-refractivity contribution >= 4 is 25.8 Å². The van der Waals surface area contributed by atoms with Crippen LogP contribution in [0.15, 0.2) is 33.6 Å². The number of hydrogen-bond acceptors (Lipinski definition) is 5. The molecule has 2 aliphatic heterocycles. The Kier molecular flexibility index (Phi) is 3.89. The standard InChI is InChI=1S/C13H16BrNO4S/c14-10-1-3-11(4-2-10)20(16,17)12-9-18-13(19-12)5-7-15-8-6-13/h1-4,12,15H,5-9H2. The molecule has 5 nitrogen and oxygen atoms in total. The van der Waals surface area contributed by atoms with Gasteiger partial charge >= 0.3 is 0 Å². The number of hydrogen-bond donors (Lipinski definition) is 1. The molecule has 7 heteroatoms. The van der Waals surface area contributed by atoms with Gasteiger partial charge in [-0.05, 0) is 24.3 Å². The molecular formula is C13H16BrNO4S. The molecule has 3 rings (SSSR count). The normalized spacial score (nSPS) is 25.9. The molecule has 0 saturated carbocycles. The van der Waals surface area contributed by atoms with Crippen LogP contribution in [0.3, 0.4) is 0 Å². The quantitative estimate of drug-likeness (QED) is 0.867. The van der Waals surface area contributed by atoms with Crippen molar-refractivity contribution in [2.24, 2.45) is 0 Å². The van der Waals surface area contributed by atoms with E-state index in [1.165, 1.54) is 0 Å². The van der Waals surface area contributed by atoms with Crippen LogP contribution in [0.2, 0.25) is 0 Å². The summed E-state index contributed by atoms with van der Waals surface area (Å²) in [6.45, 7) is 1.66. The van der Waals surface area contributed by atoms with E-state index in [0.29, 0.717) is 12.8 Å². The third-order valence-corrected chi connectivity index (χ3v) is 6.06. The summed E-state index contributed by atoms with van der Waals surface area (Å²) < 4.78 is 37.4. The molecule has 110 valence electrons. The Labute approximate surface area is 126 Å². The Morgan fingerprint density at radius 3 is 2.50 bits per heavy atom. The number of benzene rings is 1. The third kappa shape index (κ3) is 2.65. The van der Waals surface area contributed by atoms with Crippen molar-refractivity contribution in [2.45, 2.75) is 29.0 Å². The lowest BCUT2D eigenvalue weighted by Gasteiger charge is -2.32. The Morgan fingerprint density at radius 1 is 1.20 bits per heavy atom. The van der Waals surface area contributed by atoms with Crippen molar-refractivity contribution in [3.8, 4) is 0 Å². The maximum absolute atomic E-state index is 12.5. The van der Waals surface area contributed by atoms with Crippen molar-refractivity contribution < 1.29 is 17.9 Å². The topological polar surface area (TPSA) is 64.6 Å². The summed E-state index contributed by atoms with van der Waals surface area (Å²) in [5.41, 5.74) is -0.915. The van der Waals surface area contributed by atoms with Crippen LogP contribution < -0.4 is 5.32 Å². The van der Waals surface area contributed by atoms with E-state index in [0.717, 1.165) is 17.6 Å². The zero-order valence-corrected chi connectivity index (χ0v) is 13.2. The molecule has 0 radical (unpaired) electrons. The van der Waals surface area contributed by atoms with Gasteiger partial charge < -0.3 is 14.8 Å². The van der Waals surface area contributed by atoms with Gasteiger partial charge in [0.1, 0.15) is 0 Å². The Balaban J connectivity index is 1.81. The minimum atomic E-state index is -3.52. The number of sulfone groups is 1. The maximum Gasteiger partial charge on any atom is 0.207 e. The molecule has 0 amide bonds. The predicted octanol–water partition coefficient (Wildman–Crippen LogP) is 1.68.